The Balaban J connectivity index is 2.05. The SMILES string of the molecule is C=C(C)CNc1ccc(C(F)(F)F)cc1C(=O)NCC(=O)NC1CCCCC1. The van der Waals surface area contributed by atoms with Crippen molar-refractivity contribution in [3.05, 3.63) is 41.5 Å². The molecule has 0 bridgehead atoms. The first-order valence-corrected chi connectivity index (χ1v) is 9.34. The molecule has 2 rings (SSSR count). The lowest BCUT2D eigenvalue weighted by Crippen LogP contribution is -2.42. The Morgan fingerprint density at radius 2 is 1.82 bits per heavy atom. The summed E-state index contributed by atoms with van der Waals surface area (Å²) in [7, 11) is 0. The molecular formula is C20H26F3N3O2. The zero-order valence-corrected chi connectivity index (χ0v) is 15.9. The summed E-state index contributed by atoms with van der Waals surface area (Å²) in [5.74, 6) is -1.09. The monoisotopic (exact) mass is 397 g/mol. The standard InChI is InChI=1S/C20H26F3N3O2/c1-13(2)11-24-17-9-8-14(20(21,22)23)10-16(17)19(28)25-12-18(27)26-15-6-4-3-5-7-15/h8-10,15,24H,1,3-7,11-12H2,2H3,(H,25,28)(H,26,27). The number of alkyl halides is 3. The van der Waals surface area contributed by atoms with Crippen molar-refractivity contribution in [1.29, 1.82) is 0 Å². The van der Waals surface area contributed by atoms with Crippen LogP contribution < -0.4 is 16.0 Å². The van der Waals surface area contributed by atoms with Gasteiger partial charge in [0.25, 0.3) is 5.91 Å². The van der Waals surface area contributed by atoms with Crippen LogP contribution in [0.1, 0.15) is 54.9 Å². The van der Waals surface area contributed by atoms with Gasteiger partial charge in [-0.3, -0.25) is 9.59 Å². The molecule has 0 unspecified atom stereocenters. The maximum Gasteiger partial charge on any atom is 0.416 e. The number of hydrogen-bond acceptors (Lipinski definition) is 3. The molecule has 3 N–H and O–H groups in total. The molecule has 1 aliphatic carbocycles. The topological polar surface area (TPSA) is 70.2 Å². The van der Waals surface area contributed by atoms with E-state index in [1.54, 1.807) is 6.92 Å². The van der Waals surface area contributed by atoms with Gasteiger partial charge < -0.3 is 16.0 Å². The van der Waals surface area contributed by atoms with Gasteiger partial charge in [-0.15, -0.1) is 0 Å². The van der Waals surface area contributed by atoms with E-state index in [1.807, 2.05) is 0 Å². The lowest BCUT2D eigenvalue weighted by atomic mass is 9.95. The Morgan fingerprint density at radius 1 is 1.14 bits per heavy atom. The molecule has 0 heterocycles. The zero-order valence-electron chi connectivity index (χ0n) is 15.9. The number of rotatable bonds is 7. The van der Waals surface area contributed by atoms with Gasteiger partial charge in [-0.2, -0.15) is 13.2 Å². The molecule has 0 aliphatic heterocycles. The average molecular weight is 397 g/mol. The van der Waals surface area contributed by atoms with Crippen LogP contribution in [0.5, 0.6) is 0 Å². The predicted octanol–water partition coefficient (Wildman–Crippen LogP) is 3.87. The maximum atomic E-state index is 13.0. The summed E-state index contributed by atoms with van der Waals surface area (Å²) in [6.07, 6.45) is 0.502. The van der Waals surface area contributed by atoms with Gasteiger partial charge in [0.15, 0.2) is 0 Å². The molecule has 0 atom stereocenters. The first-order valence-electron chi connectivity index (χ1n) is 9.34. The number of benzene rings is 1. The highest BCUT2D eigenvalue weighted by molar-refractivity contribution is 6.01. The summed E-state index contributed by atoms with van der Waals surface area (Å²) in [4.78, 5) is 24.5. The largest absolute Gasteiger partial charge is 0.416 e. The van der Waals surface area contributed by atoms with E-state index in [1.165, 1.54) is 6.07 Å². The highest BCUT2D eigenvalue weighted by Crippen LogP contribution is 2.32. The van der Waals surface area contributed by atoms with Gasteiger partial charge in [-0.05, 0) is 38.0 Å². The van der Waals surface area contributed by atoms with Gasteiger partial charge in [-0.1, -0.05) is 31.4 Å². The Morgan fingerprint density at radius 3 is 2.43 bits per heavy atom. The fourth-order valence-electron chi connectivity index (χ4n) is 3.09. The molecular weight excluding hydrogens is 371 g/mol. The number of halogens is 3. The predicted molar refractivity (Wildman–Crippen MR) is 102 cm³/mol. The zero-order chi connectivity index (χ0) is 20.7. The van der Waals surface area contributed by atoms with Gasteiger partial charge in [-0.25, -0.2) is 0 Å². The van der Waals surface area contributed by atoms with Crippen LogP contribution in [0.25, 0.3) is 0 Å². The van der Waals surface area contributed by atoms with Crippen LogP contribution in [0, 0.1) is 0 Å². The summed E-state index contributed by atoms with van der Waals surface area (Å²) in [5, 5.41) is 8.17. The van der Waals surface area contributed by atoms with E-state index >= 15 is 0 Å². The fourth-order valence-corrected chi connectivity index (χ4v) is 3.09. The molecule has 154 valence electrons. The Labute approximate surface area is 162 Å². The Kier molecular flexibility index (Phi) is 7.48. The van der Waals surface area contributed by atoms with Crippen LogP contribution in [0.3, 0.4) is 0 Å². The molecule has 1 fully saturated rings. The number of carbonyl (C=O) groups excluding carboxylic acids is 2. The third kappa shape index (κ3) is 6.58. The first kappa shape index (κ1) is 21.8. The number of nitrogens with one attached hydrogen (secondary N) is 3. The van der Waals surface area contributed by atoms with Crippen LogP contribution in [0.15, 0.2) is 30.4 Å². The lowest BCUT2D eigenvalue weighted by Gasteiger charge is -2.22. The van der Waals surface area contributed by atoms with Crippen molar-refractivity contribution in [3.8, 4) is 0 Å². The number of carbonyl (C=O) groups is 2. The van der Waals surface area contributed by atoms with Gasteiger partial charge in [0.05, 0.1) is 17.7 Å². The second-order valence-corrected chi connectivity index (χ2v) is 7.15. The van der Waals surface area contributed by atoms with Gasteiger partial charge in [0.2, 0.25) is 5.91 Å². The molecule has 1 aliphatic rings. The Hall–Kier alpha value is -2.51. The second-order valence-electron chi connectivity index (χ2n) is 7.15. The minimum Gasteiger partial charge on any atom is -0.381 e. The molecule has 2 amide bonds. The van der Waals surface area contributed by atoms with Gasteiger partial charge in [0, 0.05) is 18.3 Å². The molecule has 0 radical (unpaired) electrons. The number of hydrogen-bond donors (Lipinski definition) is 3. The van der Waals surface area contributed by atoms with Gasteiger partial charge in [0.1, 0.15) is 0 Å². The minimum atomic E-state index is -4.57. The van der Waals surface area contributed by atoms with Crippen molar-refractivity contribution in [3.63, 3.8) is 0 Å². The molecule has 1 saturated carbocycles. The smallest absolute Gasteiger partial charge is 0.381 e. The third-order valence-corrected chi connectivity index (χ3v) is 4.55. The highest BCUT2D eigenvalue weighted by atomic mass is 19.4. The highest BCUT2D eigenvalue weighted by Gasteiger charge is 2.32. The van der Waals surface area contributed by atoms with Crippen molar-refractivity contribution >= 4 is 17.5 Å². The molecule has 8 heteroatoms. The third-order valence-electron chi connectivity index (χ3n) is 4.55. The Bertz CT molecular complexity index is 726. The molecule has 0 aromatic heterocycles. The minimum absolute atomic E-state index is 0.0968. The van der Waals surface area contributed by atoms with E-state index < -0.39 is 17.6 Å². The van der Waals surface area contributed by atoms with Crippen LogP contribution in [0.4, 0.5) is 18.9 Å². The van der Waals surface area contributed by atoms with E-state index in [4.69, 9.17) is 0 Å². The van der Waals surface area contributed by atoms with E-state index in [2.05, 4.69) is 22.5 Å². The maximum absolute atomic E-state index is 13.0. The van der Waals surface area contributed by atoms with E-state index in [0.717, 1.165) is 49.8 Å². The first-order chi connectivity index (χ1) is 13.2. The van der Waals surface area contributed by atoms with Crippen LogP contribution >= 0.6 is 0 Å². The fraction of sp³-hybridized carbons (Fsp3) is 0.500. The summed E-state index contributed by atoms with van der Waals surface area (Å²) >= 11 is 0. The number of amides is 2. The lowest BCUT2D eigenvalue weighted by molar-refractivity contribution is -0.137. The molecule has 1 aromatic rings. The number of anilines is 1. The average Bonchev–Trinajstić information content (AvgIpc) is 2.64. The van der Waals surface area contributed by atoms with E-state index in [0.29, 0.717) is 6.54 Å². The normalized spacial score (nSPS) is 15.0. The van der Waals surface area contributed by atoms with Crippen molar-refractivity contribution in [1.82, 2.24) is 10.6 Å². The van der Waals surface area contributed by atoms with Crippen molar-refractivity contribution in [2.75, 3.05) is 18.4 Å². The quantitative estimate of drug-likeness (QED) is 0.612. The summed E-state index contributed by atoms with van der Waals surface area (Å²) in [6.45, 7) is 5.50. The van der Waals surface area contributed by atoms with E-state index in [9.17, 15) is 22.8 Å². The van der Waals surface area contributed by atoms with Crippen molar-refractivity contribution < 1.29 is 22.8 Å². The molecule has 0 spiro atoms. The molecule has 0 saturated heterocycles. The van der Waals surface area contributed by atoms with Crippen LogP contribution in [0.2, 0.25) is 0 Å². The van der Waals surface area contributed by atoms with Crippen molar-refractivity contribution in [2.24, 2.45) is 0 Å². The molecule has 28 heavy (non-hydrogen) atoms. The molecule has 5 nitrogen and oxygen atoms in total. The summed E-state index contributed by atoms with van der Waals surface area (Å²) in [6, 6.07) is 3.00. The van der Waals surface area contributed by atoms with E-state index in [-0.39, 0.29) is 29.7 Å². The van der Waals surface area contributed by atoms with Gasteiger partial charge >= 0.3 is 6.18 Å². The summed E-state index contributed by atoms with van der Waals surface area (Å²) < 4.78 is 39.1. The van der Waals surface area contributed by atoms with Crippen LogP contribution in [-0.4, -0.2) is 30.9 Å². The van der Waals surface area contributed by atoms with Crippen LogP contribution in [-0.2, 0) is 11.0 Å². The summed E-state index contributed by atoms with van der Waals surface area (Å²) in [5.41, 5.74) is -0.0778. The second kappa shape index (κ2) is 9.61. The van der Waals surface area contributed by atoms with Crippen molar-refractivity contribution in [2.45, 2.75) is 51.2 Å². The molecule has 1 aromatic carbocycles.